The van der Waals surface area contributed by atoms with Gasteiger partial charge in [-0.15, -0.1) is 0 Å². The van der Waals surface area contributed by atoms with Crippen LogP contribution in [0.25, 0.3) is 11.4 Å². The minimum Gasteiger partial charge on any atom is -0.264 e. The lowest BCUT2D eigenvalue weighted by atomic mass is 10.1. The zero-order valence-electron chi connectivity index (χ0n) is 11.4. The Morgan fingerprint density at radius 1 is 1.24 bits per heavy atom. The van der Waals surface area contributed by atoms with Gasteiger partial charge in [-0.05, 0) is 42.4 Å². The monoisotopic (exact) mass is 295 g/mol. The minimum atomic E-state index is 0.443. The number of nitrogens with one attached hydrogen (secondary N) is 1. The molecule has 2 aromatic heterocycles. The molecule has 21 heavy (non-hydrogen) atoms. The number of nitrogens with zero attached hydrogens (tertiary/aromatic N) is 4. The highest BCUT2D eigenvalue weighted by Gasteiger charge is 2.07. The zero-order chi connectivity index (χ0) is 14.7. The molecular formula is C15H13N5S. The Kier molecular flexibility index (Phi) is 3.70. The maximum atomic E-state index is 5.23. The summed E-state index contributed by atoms with van der Waals surface area (Å²) < 4.78 is 2.04. The molecule has 0 amide bonds. The quantitative estimate of drug-likeness (QED) is 0.596. The molecule has 0 bridgehead atoms. The summed E-state index contributed by atoms with van der Waals surface area (Å²) in [5.41, 5.74) is 3.05. The fourth-order valence-corrected chi connectivity index (χ4v) is 2.11. The van der Waals surface area contributed by atoms with Crippen LogP contribution in [0.1, 0.15) is 11.1 Å². The lowest BCUT2D eigenvalue weighted by molar-refractivity contribution is 0.870. The van der Waals surface area contributed by atoms with Crippen molar-refractivity contribution in [3.05, 3.63) is 64.7 Å². The predicted octanol–water partition coefficient (Wildman–Crippen LogP) is 3.19. The molecule has 0 radical (unpaired) electrons. The van der Waals surface area contributed by atoms with Crippen LogP contribution in [0.5, 0.6) is 0 Å². The number of aryl methyl sites for hydroxylation is 1. The topological polar surface area (TPSA) is 58.9 Å². The number of pyridine rings is 1. The summed E-state index contributed by atoms with van der Waals surface area (Å²) in [5, 5.41) is 11.4. The summed E-state index contributed by atoms with van der Waals surface area (Å²) >= 11 is 5.23. The van der Waals surface area contributed by atoms with E-state index in [2.05, 4.69) is 20.3 Å². The van der Waals surface area contributed by atoms with Gasteiger partial charge < -0.3 is 0 Å². The van der Waals surface area contributed by atoms with Crippen LogP contribution in [0.3, 0.4) is 0 Å². The van der Waals surface area contributed by atoms with Crippen molar-refractivity contribution in [3.8, 4) is 11.4 Å². The number of aromatic nitrogens is 4. The number of aromatic amines is 1. The normalized spacial score (nSPS) is 11.1. The molecule has 0 saturated heterocycles. The Bertz CT molecular complexity index is 833. The molecule has 3 rings (SSSR count). The first kappa shape index (κ1) is 13.4. The van der Waals surface area contributed by atoms with Crippen LogP contribution in [0.15, 0.2) is 53.9 Å². The lowest BCUT2D eigenvalue weighted by Crippen LogP contribution is -1.96. The van der Waals surface area contributed by atoms with Gasteiger partial charge >= 0.3 is 0 Å². The highest BCUT2D eigenvalue weighted by atomic mass is 32.1. The molecule has 0 atom stereocenters. The maximum Gasteiger partial charge on any atom is 0.216 e. The van der Waals surface area contributed by atoms with E-state index in [1.165, 1.54) is 0 Å². The molecule has 0 spiro atoms. The van der Waals surface area contributed by atoms with Gasteiger partial charge in [0.15, 0.2) is 5.82 Å². The van der Waals surface area contributed by atoms with E-state index in [1.54, 1.807) is 23.3 Å². The van der Waals surface area contributed by atoms with Gasteiger partial charge in [-0.2, -0.15) is 14.9 Å². The largest absolute Gasteiger partial charge is 0.264 e. The van der Waals surface area contributed by atoms with Crippen LogP contribution < -0.4 is 0 Å². The summed E-state index contributed by atoms with van der Waals surface area (Å²) in [5.74, 6) is 0.637. The molecule has 0 unspecified atom stereocenters. The smallest absolute Gasteiger partial charge is 0.216 e. The average Bonchev–Trinajstić information content (AvgIpc) is 2.88. The van der Waals surface area contributed by atoms with E-state index in [0.29, 0.717) is 10.6 Å². The van der Waals surface area contributed by atoms with Gasteiger partial charge in [0.2, 0.25) is 4.77 Å². The van der Waals surface area contributed by atoms with Gasteiger partial charge in [0.05, 0.1) is 6.21 Å². The van der Waals surface area contributed by atoms with Crippen molar-refractivity contribution in [2.75, 3.05) is 0 Å². The van der Waals surface area contributed by atoms with Crippen LogP contribution in [0.2, 0.25) is 0 Å². The Morgan fingerprint density at radius 3 is 2.86 bits per heavy atom. The molecule has 1 N–H and O–H groups in total. The van der Waals surface area contributed by atoms with Crippen molar-refractivity contribution in [1.82, 2.24) is 19.9 Å². The van der Waals surface area contributed by atoms with Crippen molar-refractivity contribution in [2.45, 2.75) is 6.92 Å². The highest BCUT2D eigenvalue weighted by molar-refractivity contribution is 7.71. The molecule has 0 aliphatic heterocycles. The highest BCUT2D eigenvalue weighted by Crippen LogP contribution is 2.15. The van der Waals surface area contributed by atoms with Gasteiger partial charge in [0.25, 0.3) is 0 Å². The van der Waals surface area contributed by atoms with Crippen molar-refractivity contribution < 1.29 is 0 Å². The minimum absolute atomic E-state index is 0.443. The van der Waals surface area contributed by atoms with Crippen molar-refractivity contribution in [2.24, 2.45) is 5.10 Å². The summed E-state index contributed by atoms with van der Waals surface area (Å²) in [6.07, 6.45) is 5.22. The fraction of sp³-hybridized carbons (Fsp3) is 0.0667. The number of H-pyrrole nitrogens is 1. The molecule has 3 aromatic rings. The number of hydrogen-bond acceptors (Lipinski definition) is 4. The predicted molar refractivity (Wildman–Crippen MR) is 84.8 cm³/mol. The number of benzene rings is 1. The summed E-state index contributed by atoms with van der Waals surface area (Å²) in [6, 6.07) is 11.8. The van der Waals surface area contributed by atoms with E-state index in [4.69, 9.17) is 12.2 Å². The summed E-state index contributed by atoms with van der Waals surface area (Å²) in [7, 11) is 0. The summed E-state index contributed by atoms with van der Waals surface area (Å²) in [4.78, 5) is 4.09. The first-order valence-electron chi connectivity index (χ1n) is 6.43. The van der Waals surface area contributed by atoms with E-state index in [0.717, 1.165) is 16.7 Å². The van der Waals surface area contributed by atoms with E-state index in [-0.39, 0.29) is 0 Å². The Balaban J connectivity index is 2.02. The molecule has 2 heterocycles. The summed E-state index contributed by atoms with van der Waals surface area (Å²) in [6.45, 7) is 2.04. The second-order valence-corrected chi connectivity index (χ2v) is 4.89. The van der Waals surface area contributed by atoms with Gasteiger partial charge in [-0.25, -0.2) is 5.10 Å². The van der Waals surface area contributed by atoms with Crippen LogP contribution in [0, 0.1) is 11.7 Å². The number of rotatable bonds is 3. The van der Waals surface area contributed by atoms with Crippen molar-refractivity contribution in [3.63, 3.8) is 0 Å². The second kappa shape index (κ2) is 5.80. The third-order valence-electron chi connectivity index (χ3n) is 3.07. The molecule has 6 heteroatoms. The van der Waals surface area contributed by atoms with Gasteiger partial charge in [-0.1, -0.05) is 24.3 Å². The molecule has 0 fully saturated rings. The Morgan fingerprint density at radius 2 is 2.10 bits per heavy atom. The lowest BCUT2D eigenvalue weighted by Gasteiger charge is -2.01. The van der Waals surface area contributed by atoms with Gasteiger partial charge in [0, 0.05) is 18.0 Å². The second-order valence-electron chi connectivity index (χ2n) is 4.51. The molecular weight excluding hydrogens is 282 g/mol. The maximum absolute atomic E-state index is 5.23. The van der Waals surface area contributed by atoms with Crippen LogP contribution >= 0.6 is 12.2 Å². The fourth-order valence-electron chi connectivity index (χ4n) is 1.93. The van der Waals surface area contributed by atoms with E-state index in [9.17, 15) is 0 Å². The van der Waals surface area contributed by atoms with Gasteiger partial charge in [0.1, 0.15) is 0 Å². The van der Waals surface area contributed by atoms with E-state index < -0.39 is 0 Å². The molecule has 0 saturated carbocycles. The first-order chi connectivity index (χ1) is 10.3. The van der Waals surface area contributed by atoms with E-state index in [1.807, 2.05) is 43.3 Å². The van der Waals surface area contributed by atoms with E-state index >= 15 is 0 Å². The molecule has 1 aromatic carbocycles. The number of hydrogen-bond donors (Lipinski definition) is 1. The average molecular weight is 295 g/mol. The third kappa shape index (κ3) is 2.80. The van der Waals surface area contributed by atoms with Crippen LogP contribution in [-0.2, 0) is 0 Å². The molecule has 0 aliphatic carbocycles. The first-order valence-corrected chi connectivity index (χ1v) is 6.84. The van der Waals surface area contributed by atoms with Crippen molar-refractivity contribution >= 4 is 18.4 Å². The van der Waals surface area contributed by atoms with Crippen molar-refractivity contribution in [1.29, 1.82) is 0 Å². The van der Waals surface area contributed by atoms with Gasteiger partial charge in [-0.3, -0.25) is 4.98 Å². The third-order valence-corrected chi connectivity index (χ3v) is 3.34. The molecule has 5 nitrogen and oxygen atoms in total. The Labute approximate surface area is 127 Å². The standard InChI is InChI=1S/C15H13N5S/c1-11-5-2-3-6-12(11)10-17-20-14(18-19-15(20)21)13-7-4-8-16-9-13/h2-10H,1H3,(H,19,21)/b17-10+. The SMILES string of the molecule is Cc1ccccc1/C=N/n1c(-c2cccnc2)n[nH]c1=S. The Hall–Kier alpha value is -2.60. The molecule has 0 aliphatic rings. The van der Waals surface area contributed by atoms with Crippen LogP contribution in [-0.4, -0.2) is 26.1 Å². The zero-order valence-corrected chi connectivity index (χ0v) is 12.2. The molecule has 104 valence electrons. The van der Waals surface area contributed by atoms with Crippen LogP contribution in [0.4, 0.5) is 0 Å².